The molecule has 0 saturated heterocycles. The maximum absolute atomic E-state index is 13.8. The third-order valence-corrected chi connectivity index (χ3v) is 9.94. The molecule has 0 bridgehead atoms. The fraction of sp³-hybridized carbons (Fsp3) is 0.425. The SMILES string of the molecule is Cc1cc2oc(C3CC3)nc2cc1-c1ccc(C[C@H](NC(=O)C2CCC(CNC(=O)OC(C)(C)C)CC2)C(=O)Nc2ccc(-c3nnn[nH]3)cc2)cc1. The van der Waals surface area contributed by atoms with Crippen LogP contribution in [0, 0.1) is 18.8 Å². The van der Waals surface area contributed by atoms with Crippen molar-refractivity contribution in [1.82, 2.24) is 36.2 Å². The van der Waals surface area contributed by atoms with Gasteiger partial charge in [-0.05, 0) is 141 Å². The van der Waals surface area contributed by atoms with E-state index in [-0.39, 0.29) is 23.7 Å². The predicted molar refractivity (Wildman–Crippen MR) is 200 cm³/mol. The summed E-state index contributed by atoms with van der Waals surface area (Å²) in [6.07, 6.45) is 5.06. The Morgan fingerprint density at radius 2 is 1.66 bits per heavy atom. The first-order valence-electron chi connectivity index (χ1n) is 18.4. The molecule has 276 valence electrons. The van der Waals surface area contributed by atoms with E-state index in [0.29, 0.717) is 43.2 Å². The lowest BCUT2D eigenvalue weighted by atomic mass is 9.81. The van der Waals surface area contributed by atoms with Gasteiger partial charge in [-0.15, -0.1) is 5.10 Å². The molecule has 0 radical (unpaired) electrons. The summed E-state index contributed by atoms with van der Waals surface area (Å²) < 4.78 is 11.4. The fourth-order valence-electron chi connectivity index (χ4n) is 6.86. The maximum atomic E-state index is 13.8. The first kappa shape index (κ1) is 35.8. The summed E-state index contributed by atoms with van der Waals surface area (Å²) in [5.74, 6) is 1.36. The number of carbonyl (C=O) groups excluding carboxylic acids is 3. The van der Waals surface area contributed by atoms with Gasteiger partial charge in [-0.3, -0.25) is 9.59 Å². The van der Waals surface area contributed by atoms with Crippen LogP contribution < -0.4 is 16.0 Å². The van der Waals surface area contributed by atoms with E-state index in [1.165, 1.54) is 0 Å². The van der Waals surface area contributed by atoms with Gasteiger partial charge < -0.3 is 25.1 Å². The number of nitrogens with zero attached hydrogens (tertiary/aromatic N) is 4. The zero-order chi connectivity index (χ0) is 37.1. The number of aromatic nitrogens is 5. The number of tetrazole rings is 1. The monoisotopic (exact) mass is 718 g/mol. The van der Waals surface area contributed by atoms with Crippen molar-refractivity contribution in [3.8, 4) is 22.5 Å². The fourth-order valence-corrected chi connectivity index (χ4v) is 6.86. The number of ether oxygens (including phenoxy) is 1. The van der Waals surface area contributed by atoms with Gasteiger partial charge in [0, 0.05) is 36.1 Å². The summed E-state index contributed by atoms with van der Waals surface area (Å²) in [4.78, 5) is 44.4. The van der Waals surface area contributed by atoms with E-state index >= 15 is 0 Å². The number of nitrogens with one attached hydrogen (secondary N) is 4. The molecule has 3 amide bonds. The smallest absolute Gasteiger partial charge is 0.407 e. The minimum Gasteiger partial charge on any atom is -0.444 e. The van der Waals surface area contributed by atoms with Gasteiger partial charge in [0.25, 0.3) is 0 Å². The summed E-state index contributed by atoms with van der Waals surface area (Å²) in [7, 11) is 0. The summed E-state index contributed by atoms with van der Waals surface area (Å²) in [5.41, 5.74) is 6.58. The molecule has 2 aromatic heterocycles. The topological polar surface area (TPSA) is 177 Å². The second-order valence-corrected chi connectivity index (χ2v) is 15.3. The van der Waals surface area contributed by atoms with Crippen molar-refractivity contribution < 1.29 is 23.5 Å². The van der Waals surface area contributed by atoms with E-state index in [0.717, 1.165) is 70.5 Å². The Morgan fingerprint density at radius 1 is 0.943 bits per heavy atom. The average molecular weight is 719 g/mol. The highest BCUT2D eigenvalue weighted by Crippen LogP contribution is 2.41. The van der Waals surface area contributed by atoms with Crippen molar-refractivity contribution in [2.45, 2.75) is 90.2 Å². The normalized spacial score (nSPS) is 18.0. The number of H-pyrrole nitrogens is 1. The standard InChI is InChI=1S/C40H46N8O5/c1-23-19-34-32(44-38(52-34)29-13-14-29)21-31(23)26-9-5-24(6-10-26)20-33(37(50)42-30-17-15-27(16-18-30)35-45-47-48-46-35)43-36(49)28-11-7-25(8-12-28)22-41-39(51)53-40(2,3)4/h5-6,9-10,15-19,21,25,28-29,33H,7-8,11-14,20,22H2,1-4H3,(H,41,51)(H,42,50)(H,43,49)(H,45,46,47,48)/t25?,28?,33-/m0/s1. The van der Waals surface area contributed by atoms with Gasteiger partial charge in [0.2, 0.25) is 11.8 Å². The first-order chi connectivity index (χ1) is 25.5. The number of fused-ring (bicyclic) bond motifs is 1. The van der Waals surface area contributed by atoms with Gasteiger partial charge in [0.1, 0.15) is 17.2 Å². The number of aromatic amines is 1. The van der Waals surface area contributed by atoms with Gasteiger partial charge >= 0.3 is 6.09 Å². The van der Waals surface area contributed by atoms with E-state index in [9.17, 15) is 14.4 Å². The molecule has 7 rings (SSSR count). The molecule has 4 N–H and O–H groups in total. The van der Waals surface area contributed by atoms with Crippen molar-refractivity contribution in [3.05, 3.63) is 77.7 Å². The third kappa shape index (κ3) is 9.08. The minimum atomic E-state index is -0.813. The number of alkyl carbamates (subject to hydrolysis) is 1. The molecule has 1 atom stereocenters. The van der Waals surface area contributed by atoms with Crippen molar-refractivity contribution in [2.75, 3.05) is 11.9 Å². The highest BCUT2D eigenvalue weighted by molar-refractivity contribution is 5.98. The number of hydrogen-bond acceptors (Lipinski definition) is 9. The molecule has 13 heteroatoms. The van der Waals surface area contributed by atoms with Crippen LogP contribution in [-0.4, -0.2) is 61.7 Å². The van der Waals surface area contributed by atoms with Crippen LogP contribution in [0.4, 0.5) is 10.5 Å². The van der Waals surface area contributed by atoms with Crippen LogP contribution in [0.25, 0.3) is 33.6 Å². The van der Waals surface area contributed by atoms with Gasteiger partial charge in [0.15, 0.2) is 17.3 Å². The minimum absolute atomic E-state index is 0.143. The summed E-state index contributed by atoms with van der Waals surface area (Å²) in [6, 6.07) is 18.6. The molecule has 0 unspecified atom stereocenters. The number of anilines is 1. The molecule has 2 aliphatic rings. The number of aryl methyl sites for hydroxylation is 1. The molecule has 2 saturated carbocycles. The Morgan fingerprint density at radius 3 is 2.32 bits per heavy atom. The molecule has 2 aliphatic carbocycles. The van der Waals surface area contributed by atoms with Crippen LogP contribution in [0.1, 0.15) is 82.2 Å². The van der Waals surface area contributed by atoms with E-state index in [1.54, 1.807) is 12.1 Å². The van der Waals surface area contributed by atoms with Crippen molar-refractivity contribution in [2.24, 2.45) is 11.8 Å². The number of benzene rings is 3. The summed E-state index contributed by atoms with van der Waals surface area (Å²) in [5, 5.41) is 22.8. The van der Waals surface area contributed by atoms with Gasteiger partial charge in [-0.1, -0.05) is 24.3 Å². The van der Waals surface area contributed by atoms with Crippen molar-refractivity contribution in [1.29, 1.82) is 0 Å². The zero-order valence-corrected chi connectivity index (χ0v) is 30.6. The third-order valence-electron chi connectivity index (χ3n) is 9.94. The van der Waals surface area contributed by atoms with Crippen LogP contribution in [0.3, 0.4) is 0 Å². The van der Waals surface area contributed by atoms with Crippen LogP contribution >= 0.6 is 0 Å². The quantitative estimate of drug-likeness (QED) is 0.114. The summed E-state index contributed by atoms with van der Waals surface area (Å²) in [6.45, 7) is 8.07. The second-order valence-electron chi connectivity index (χ2n) is 15.3. The lowest BCUT2D eigenvalue weighted by Gasteiger charge is -2.29. The molecule has 0 aliphatic heterocycles. The van der Waals surface area contributed by atoms with Crippen molar-refractivity contribution >= 4 is 34.7 Å². The van der Waals surface area contributed by atoms with Gasteiger partial charge in [0.05, 0.1) is 0 Å². The molecular formula is C40H46N8O5. The molecule has 53 heavy (non-hydrogen) atoms. The Kier molecular flexibility index (Phi) is 10.3. The number of hydrogen-bond donors (Lipinski definition) is 4. The predicted octanol–water partition coefficient (Wildman–Crippen LogP) is 6.86. The average Bonchev–Trinajstić information content (AvgIpc) is 3.67. The molecule has 2 heterocycles. The van der Waals surface area contributed by atoms with Crippen molar-refractivity contribution in [3.63, 3.8) is 0 Å². The van der Waals surface area contributed by atoms with E-state index in [2.05, 4.69) is 49.6 Å². The number of oxazole rings is 1. The number of rotatable bonds is 11. The van der Waals surface area contributed by atoms with Gasteiger partial charge in [-0.2, -0.15) is 0 Å². The van der Waals surface area contributed by atoms with E-state index in [4.69, 9.17) is 14.1 Å². The van der Waals surface area contributed by atoms with Crippen LogP contribution in [0.2, 0.25) is 0 Å². The van der Waals surface area contributed by atoms with Gasteiger partial charge in [-0.25, -0.2) is 14.9 Å². The maximum Gasteiger partial charge on any atom is 0.407 e. The molecule has 0 spiro atoms. The number of amides is 3. The molecule has 13 nitrogen and oxygen atoms in total. The number of carbonyl (C=O) groups is 3. The second kappa shape index (κ2) is 15.2. The lowest BCUT2D eigenvalue weighted by molar-refractivity contribution is -0.130. The van der Waals surface area contributed by atoms with Crippen LogP contribution in [-0.2, 0) is 20.7 Å². The van der Waals surface area contributed by atoms with E-state index in [1.807, 2.05) is 63.2 Å². The lowest BCUT2D eigenvalue weighted by Crippen LogP contribution is -2.48. The van der Waals surface area contributed by atoms with Crippen LogP contribution in [0.15, 0.2) is 65.1 Å². The summed E-state index contributed by atoms with van der Waals surface area (Å²) >= 11 is 0. The van der Waals surface area contributed by atoms with E-state index < -0.39 is 17.7 Å². The molecular weight excluding hydrogens is 672 g/mol. The van der Waals surface area contributed by atoms with Crippen LogP contribution in [0.5, 0.6) is 0 Å². The Labute approximate surface area is 308 Å². The Balaban J connectivity index is 1.02. The highest BCUT2D eigenvalue weighted by atomic mass is 16.6. The molecule has 3 aromatic carbocycles. The highest BCUT2D eigenvalue weighted by Gasteiger charge is 2.31. The molecule has 2 fully saturated rings. The molecule has 5 aromatic rings. The Bertz CT molecular complexity index is 2060. The zero-order valence-electron chi connectivity index (χ0n) is 30.6. The Hall–Kier alpha value is -5.59. The first-order valence-corrected chi connectivity index (χ1v) is 18.4. The largest absolute Gasteiger partial charge is 0.444 e.